The smallest absolute Gasteiger partial charge is 0.337 e. The lowest BCUT2D eigenvalue weighted by molar-refractivity contribution is 0.0600. The molecule has 0 unspecified atom stereocenters. The Bertz CT molecular complexity index is 385. The van der Waals surface area contributed by atoms with E-state index in [4.69, 9.17) is 0 Å². The van der Waals surface area contributed by atoms with Crippen LogP contribution in [0.25, 0.3) is 0 Å². The quantitative estimate of drug-likeness (QED) is 0.431. The van der Waals surface area contributed by atoms with Gasteiger partial charge in [0.25, 0.3) is 0 Å². The molecular formula is C11H13NO3. The lowest BCUT2D eigenvalue weighted by atomic mass is 10.1. The molecule has 4 nitrogen and oxygen atoms in total. The largest absolute Gasteiger partial charge is 0.465 e. The lowest BCUT2D eigenvalue weighted by Gasteiger charge is -2.02. The molecule has 1 aromatic rings. The van der Waals surface area contributed by atoms with Gasteiger partial charge in [-0.15, -0.1) is 0 Å². The minimum atomic E-state index is -0.359. The summed E-state index contributed by atoms with van der Waals surface area (Å²) in [7, 11) is 2.83. The third-order valence-electron chi connectivity index (χ3n) is 1.93. The molecule has 0 bridgehead atoms. The summed E-state index contributed by atoms with van der Waals surface area (Å²) in [5.74, 6) is -0.359. The molecule has 0 amide bonds. The Morgan fingerprint density at radius 2 is 1.93 bits per heavy atom. The second-order valence-corrected chi connectivity index (χ2v) is 2.93. The average Bonchev–Trinajstić information content (AvgIpc) is 2.28. The zero-order chi connectivity index (χ0) is 11.3. The van der Waals surface area contributed by atoms with Gasteiger partial charge in [-0.2, -0.15) is 0 Å². The molecule has 0 N–H and O–H groups in total. The van der Waals surface area contributed by atoms with Crippen LogP contribution in [0.3, 0.4) is 0 Å². The molecule has 0 radical (unpaired) electrons. The van der Waals surface area contributed by atoms with E-state index in [1.165, 1.54) is 14.2 Å². The van der Waals surface area contributed by atoms with Gasteiger partial charge in [-0.3, -0.25) is 0 Å². The van der Waals surface area contributed by atoms with E-state index in [-0.39, 0.29) is 5.97 Å². The maximum Gasteiger partial charge on any atom is 0.337 e. The first-order valence-electron chi connectivity index (χ1n) is 4.45. The molecule has 0 saturated carbocycles. The van der Waals surface area contributed by atoms with Crippen LogP contribution in [-0.4, -0.2) is 25.9 Å². The number of benzene rings is 1. The summed E-state index contributed by atoms with van der Waals surface area (Å²) < 4.78 is 4.62. The van der Waals surface area contributed by atoms with Crippen LogP contribution in [0.1, 0.15) is 22.8 Å². The van der Waals surface area contributed by atoms with Gasteiger partial charge < -0.3 is 9.57 Å². The van der Waals surface area contributed by atoms with E-state index in [0.29, 0.717) is 11.3 Å². The highest BCUT2D eigenvalue weighted by Gasteiger charge is 2.06. The van der Waals surface area contributed by atoms with Crippen molar-refractivity contribution in [2.75, 3.05) is 14.2 Å². The van der Waals surface area contributed by atoms with E-state index in [0.717, 1.165) is 5.56 Å². The Morgan fingerprint density at radius 3 is 2.53 bits per heavy atom. The summed E-state index contributed by atoms with van der Waals surface area (Å²) in [5, 5.41) is 3.79. The predicted octanol–water partition coefficient (Wildman–Crippen LogP) is 1.84. The molecule has 1 aromatic carbocycles. The number of methoxy groups -OCH3 is 1. The first kappa shape index (κ1) is 11.2. The van der Waals surface area contributed by atoms with Crippen molar-refractivity contribution in [3.05, 3.63) is 35.4 Å². The van der Waals surface area contributed by atoms with Crippen molar-refractivity contribution in [3.8, 4) is 0 Å². The van der Waals surface area contributed by atoms with Gasteiger partial charge in [-0.1, -0.05) is 17.3 Å². The van der Waals surface area contributed by atoms with Gasteiger partial charge in [0.1, 0.15) is 7.11 Å². The third-order valence-corrected chi connectivity index (χ3v) is 1.93. The number of hydrogen-bond donors (Lipinski definition) is 0. The fourth-order valence-corrected chi connectivity index (χ4v) is 1.18. The van der Waals surface area contributed by atoms with E-state index in [9.17, 15) is 4.79 Å². The van der Waals surface area contributed by atoms with Crippen LogP contribution in [-0.2, 0) is 9.57 Å². The number of ether oxygens (including phenoxy) is 1. The number of hydrogen-bond acceptors (Lipinski definition) is 4. The second kappa shape index (κ2) is 5.14. The standard InChI is InChI=1S/C11H13NO3/c1-8(12-15-3)9-5-4-6-10(7-9)11(13)14-2/h4-7H,1-3H3/b12-8+. The predicted molar refractivity (Wildman–Crippen MR) is 57.0 cm³/mol. The van der Waals surface area contributed by atoms with Gasteiger partial charge in [0.15, 0.2) is 0 Å². The number of rotatable bonds is 3. The number of oxime groups is 1. The normalized spacial score (nSPS) is 11.0. The number of esters is 1. The molecule has 0 aliphatic rings. The maximum absolute atomic E-state index is 11.3. The second-order valence-electron chi connectivity index (χ2n) is 2.93. The van der Waals surface area contributed by atoms with Crippen molar-refractivity contribution >= 4 is 11.7 Å². The lowest BCUT2D eigenvalue weighted by Crippen LogP contribution is -2.03. The number of nitrogens with zero attached hydrogens (tertiary/aromatic N) is 1. The molecule has 80 valence electrons. The highest BCUT2D eigenvalue weighted by molar-refractivity contribution is 6.00. The van der Waals surface area contributed by atoms with E-state index in [2.05, 4.69) is 14.7 Å². The van der Waals surface area contributed by atoms with Gasteiger partial charge >= 0.3 is 5.97 Å². The molecule has 4 heteroatoms. The third kappa shape index (κ3) is 2.80. The molecule has 1 rings (SSSR count). The highest BCUT2D eigenvalue weighted by atomic mass is 16.6. The topological polar surface area (TPSA) is 47.9 Å². The molecule has 0 aliphatic carbocycles. The molecule has 0 aromatic heterocycles. The molecular weight excluding hydrogens is 194 g/mol. The molecule has 0 atom stereocenters. The van der Waals surface area contributed by atoms with Crippen LogP contribution in [0, 0.1) is 0 Å². The molecule has 0 spiro atoms. The molecule has 0 heterocycles. The minimum Gasteiger partial charge on any atom is -0.465 e. The minimum absolute atomic E-state index is 0.359. The zero-order valence-electron chi connectivity index (χ0n) is 8.98. The van der Waals surface area contributed by atoms with Gasteiger partial charge in [-0.25, -0.2) is 4.79 Å². The molecule has 0 aliphatic heterocycles. The fraction of sp³-hybridized carbons (Fsp3) is 0.273. The van der Waals surface area contributed by atoms with Crippen LogP contribution in [0.2, 0.25) is 0 Å². The molecule has 0 saturated heterocycles. The van der Waals surface area contributed by atoms with Crippen LogP contribution < -0.4 is 0 Å². The van der Waals surface area contributed by atoms with E-state index in [1.54, 1.807) is 25.1 Å². The van der Waals surface area contributed by atoms with E-state index in [1.807, 2.05) is 6.07 Å². The first-order valence-corrected chi connectivity index (χ1v) is 4.45. The van der Waals surface area contributed by atoms with Crippen molar-refractivity contribution in [2.45, 2.75) is 6.92 Å². The summed E-state index contributed by atoms with van der Waals surface area (Å²) in [4.78, 5) is 15.9. The summed E-state index contributed by atoms with van der Waals surface area (Å²) >= 11 is 0. The van der Waals surface area contributed by atoms with Gasteiger partial charge in [0.05, 0.1) is 18.4 Å². The Hall–Kier alpha value is -1.84. The zero-order valence-corrected chi connectivity index (χ0v) is 8.98. The summed E-state index contributed by atoms with van der Waals surface area (Å²) in [6.07, 6.45) is 0. The van der Waals surface area contributed by atoms with Crippen molar-refractivity contribution in [1.29, 1.82) is 0 Å². The van der Waals surface area contributed by atoms with Crippen LogP contribution in [0.4, 0.5) is 0 Å². The van der Waals surface area contributed by atoms with Crippen molar-refractivity contribution in [1.82, 2.24) is 0 Å². The van der Waals surface area contributed by atoms with Crippen molar-refractivity contribution in [2.24, 2.45) is 5.16 Å². The summed E-state index contributed by atoms with van der Waals surface area (Å²) in [6, 6.07) is 7.03. The van der Waals surface area contributed by atoms with Crippen LogP contribution >= 0.6 is 0 Å². The van der Waals surface area contributed by atoms with Gasteiger partial charge in [0, 0.05) is 0 Å². The van der Waals surface area contributed by atoms with E-state index >= 15 is 0 Å². The van der Waals surface area contributed by atoms with E-state index < -0.39 is 0 Å². The summed E-state index contributed by atoms with van der Waals surface area (Å²) in [6.45, 7) is 1.81. The number of carbonyl (C=O) groups excluding carboxylic acids is 1. The van der Waals surface area contributed by atoms with Gasteiger partial charge in [0.2, 0.25) is 0 Å². The Balaban J connectivity index is 3.02. The Morgan fingerprint density at radius 1 is 1.27 bits per heavy atom. The SMILES string of the molecule is CO/N=C(\C)c1cccc(C(=O)OC)c1. The highest BCUT2D eigenvalue weighted by Crippen LogP contribution is 2.08. The maximum atomic E-state index is 11.3. The summed E-state index contributed by atoms with van der Waals surface area (Å²) in [5.41, 5.74) is 2.05. The van der Waals surface area contributed by atoms with Crippen LogP contribution in [0.5, 0.6) is 0 Å². The fourth-order valence-electron chi connectivity index (χ4n) is 1.18. The molecule has 15 heavy (non-hydrogen) atoms. The van der Waals surface area contributed by atoms with Crippen LogP contribution in [0.15, 0.2) is 29.4 Å². The monoisotopic (exact) mass is 207 g/mol. The Kier molecular flexibility index (Phi) is 3.85. The molecule has 0 fully saturated rings. The van der Waals surface area contributed by atoms with Crippen molar-refractivity contribution < 1.29 is 14.4 Å². The Labute approximate surface area is 88.5 Å². The first-order chi connectivity index (χ1) is 7.19. The number of carbonyl (C=O) groups is 1. The van der Waals surface area contributed by atoms with Crippen molar-refractivity contribution in [3.63, 3.8) is 0 Å². The average molecular weight is 207 g/mol. The van der Waals surface area contributed by atoms with Gasteiger partial charge in [-0.05, 0) is 24.6 Å².